The van der Waals surface area contributed by atoms with Gasteiger partial charge in [-0.2, -0.15) is 0 Å². The van der Waals surface area contributed by atoms with Gasteiger partial charge in [0.05, 0.1) is 24.0 Å². The van der Waals surface area contributed by atoms with E-state index in [9.17, 15) is 9.59 Å². The van der Waals surface area contributed by atoms with Crippen LogP contribution >= 0.6 is 0 Å². The number of ether oxygens (including phenoxy) is 1. The van der Waals surface area contributed by atoms with Gasteiger partial charge < -0.3 is 14.5 Å². The van der Waals surface area contributed by atoms with Gasteiger partial charge in [-0.1, -0.05) is 6.07 Å². The first-order chi connectivity index (χ1) is 9.61. The molecule has 0 spiro atoms. The second-order valence-electron chi connectivity index (χ2n) is 4.15. The van der Waals surface area contributed by atoms with E-state index in [0.29, 0.717) is 29.2 Å². The van der Waals surface area contributed by atoms with Crippen molar-refractivity contribution < 1.29 is 18.7 Å². The summed E-state index contributed by atoms with van der Waals surface area (Å²) in [5, 5.41) is 2.72. The molecule has 104 valence electrons. The number of furan rings is 1. The van der Waals surface area contributed by atoms with Crippen LogP contribution in [-0.2, 0) is 4.74 Å². The summed E-state index contributed by atoms with van der Waals surface area (Å²) < 4.78 is 9.99. The summed E-state index contributed by atoms with van der Waals surface area (Å²) in [5.41, 5.74) is 1.39. The number of anilines is 1. The van der Waals surface area contributed by atoms with Crippen molar-refractivity contribution in [2.75, 3.05) is 11.9 Å². The highest BCUT2D eigenvalue weighted by Crippen LogP contribution is 2.15. The Kier molecular flexibility index (Phi) is 4.20. The molecule has 2 aromatic rings. The average Bonchev–Trinajstić information content (AvgIpc) is 2.85. The van der Waals surface area contributed by atoms with Crippen molar-refractivity contribution in [1.82, 2.24) is 0 Å². The smallest absolute Gasteiger partial charge is 0.338 e. The monoisotopic (exact) mass is 273 g/mol. The molecule has 1 aromatic heterocycles. The van der Waals surface area contributed by atoms with Crippen molar-refractivity contribution in [3.63, 3.8) is 0 Å². The maximum atomic E-state index is 12.0. The lowest BCUT2D eigenvalue weighted by Gasteiger charge is -2.06. The van der Waals surface area contributed by atoms with Gasteiger partial charge in [0.25, 0.3) is 5.91 Å². The van der Waals surface area contributed by atoms with E-state index in [-0.39, 0.29) is 5.91 Å². The summed E-state index contributed by atoms with van der Waals surface area (Å²) >= 11 is 0. The number of amides is 1. The number of aryl methyl sites for hydroxylation is 1. The van der Waals surface area contributed by atoms with Crippen LogP contribution < -0.4 is 5.32 Å². The molecule has 5 heteroatoms. The normalized spacial score (nSPS) is 10.1. The summed E-state index contributed by atoms with van der Waals surface area (Å²) in [5.74, 6) is -0.149. The van der Waals surface area contributed by atoms with E-state index in [0.717, 1.165) is 0 Å². The number of benzene rings is 1. The standard InChI is InChI=1S/C15H15NO4/c1-3-19-15(18)11-5-4-6-12(9-11)16-14(17)13-7-8-20-10(13)2/h4-9H,3H2,1-2H3,(H,16,17). The van der Waals surface area contributed by atoms with Crippen LogP contribution in [0.4, 0.5) is 5.69 Å². The molecule has 0 radical (unpaired) electrons. The quantitative estimate of drug-likeness (QED) is 0.869. The molecule has 1 aromatic carbocycles. The second kappa shape index (κ2) is 6.06. The van der Waals surface area contributed by atoms with Crippen LogP contribution in [0.2, 0.25) is 0 Å². The second-order valence-corrected chi connectivity index (χ2v) is 4.15. The molecule has 1 heterocycles. The number of esters is 1. The summed E-state index contributed by atoms with van der Waals surface area (Å²) in [6.07, 6.45) is 1.46. The molecule has 0 aliphatic heterocycles. The van der Waals surface area contributed by atoms with Crippen molar-refractivity contribution >= 4 is 17.6 Å². The van der Waals surface area contributed by atoms with Gasteiger partial charge >= 0.3 is 5.97 Å². The van der Waals surface area contributed by atoms with Gasteiger partial charge in [0.1, 0.15) is 5.76 Å². The van der Waals surface area contributed by atoms with Gasteiger partial charge in [0, 0.05) is 5.69 Å². The molecule has 0 atom stereocenters. The largest absolute Gasteiger partial charge is 0.469 e. The molecular formula is C15H15NO4. The minimum Gasteiger partial charge on any atom is -0.469 e. The Bertz CT molecular complexity index is 630. The van der Waals surface area contributed by atoms with E-state index in [1.54, 1.807) is 44.2 Å². The molecule has 2 rings (SSSR count). The Morgan fingerprint density at radius 3 is 2.75 bits per heavy atom. The highest BCUT2D eigenvalue weighted by Gasteiger charge is 2.13. The van der Waals surface area contributed by atoms with Crippen LogP contribution in [0, 0.1) is 6.92 Å². The lowest BCUT2D eigenvalue weighted by atomic mass is 10.2. The zero-order valence-electron chi connectivity index (χ0n) is 11.3. The number of nitrogens with one attached hydrogen (secondary N) is 1. The summed E-state index contributed by atoms with van der Waals surface area (Å²) in [7, 11) is 0. The number of carbonyl (C=O) groups is 2. The molecular weight excluding hydrogens is 258 g/mol. The first-order valence-corrected chi connectivity index (χ1v) is 6.24. The van der Waals surface area contributed by atoms with Crippen LogP contribution in [0.25, 0.3) is 0 Å². The zero-order chi connectivity index (χ0) is 14.5. The van der Waals surface area contributed by atoms with Gasteiger partial charge in [-0.25, -0.2) is 4.79 Å². The van der Waals surface area contributed by atoms with E-state index in [4.69, 9.17) is 9.15 Å². The number of carbonyl (C=O) groups excluding carboxylic acids is 2. The first kappa shape index (κ1) is 13.9. The van der Waals surface area contributed by atoms with E-state index >= 15 is 0 Å². The Morgan fingerprint density at radius 1 is 1.30 bits per heavy atom. The summed E-state index contributed by atoms with van der Waals surface area (Å²) in [6, 6.07) is 8.20. The minimum absolute atomic E-state index is 0.280. The first-order valence-electron chi connectivity index (χ1n) is 6.24. The average molecular weight is 273 g/mol. The lowest BCUT2D eigenvalue weighted by molar-refractivity contribution is 0.0526. The topological polar surface area (TPSA) is 68.5 Å². The van der Waals surface area contributed by atoms with Crippen molar-refractivity contribution in [2.45, 2.75) is 13.8 Å². The van der Waals surface area contributed by atoms with Gasteiger partial charge in [0.2, 0.25) is 0 Å². The fourth-order valence-electron chi connectivity index (χ4n) is 1.76. The van der Waals surface area contributed by atoms with E-state index in [1.807, 2.05) is 0 Å². The van der Waals surface area contributed by atoms with E-state index in [2.05, 4.69) is 5.32 Å². The van der Waals surface area contributed by atoms with Gasteiger partial charge in [-0.3, -0.25) is 4.79 Å². The highest BCUT2D eigenvalue weighted by atomic mass is 16.5. The fourth-order valence-corrected chi connectivity index (χ4v) is 1.76. The Balaban J connectivity index is 2.14. The molecule has 1 N–H and O–H groups in total. The molecule has 20 heavy (non-hydrogen) atoms. The van der Waals surface area contributed by atoms with Gasteiger partial charge in [-0.15, -0.1) is 0 Å². The maximum Gasteiger partial charge on any atom is 0.338 e. The number of hydrogen-bond donors (Lipinski definition) is 1. The van der Waals surface area contributed by atoms with Crippen molar-refractivity contribution in [3.8, 4) is 0 Å². The summed E-state index contributed by atoms with van der Waals surface area (Å²) in [6.45, 7) is 3.76. The molecule has 1 amide bonds. The van der Waals surface area contributed by atoms with Crippen molar-refractivity contribution in [1.29, 1.82) is 0 Å². The Morgan fingerprint density at radius 2 is 2.10 bits per heavy atom. The van der Waals surface area contributed by atoms with E-state index < -0.39 is 5.97 Å². The van der Waals surface area contributed by atoms with E-state index in [1.165, 1.54) is 6.26 Å². The van der Waals surface area contributed by atoms with Crippen LogP contribution in [0.15, 0.2) is 41.0 Å². The third kappa shape index (κ3) is 3.06. The molecule has 0 saturated heterocycles. The fraction of sp³-hybridized carbons (Fsp3) is 0.200. The van der Waals surface area contributed by atoms with Gasteiger partial charge in [0.15, 0.2) is 0 Å². The minimum atomic E-state index is -0.414. The molecule has 5 nitrogen and oxygen atoms in total. The molecule has 0 aliphatic rings. The Hall–Kier alpha value is -2.56. The third-order valence-electron chi connectivity index (χ3n) is 2.74. The van der Waals surface area contributed by atoms with Gasteiger partial charge in [-0.05, 0) is 38.1 Å². The Labute approximate surface area is 116 Å². The molecule has 0 unspecified atom stereocenters. The van der Waals surface area contributed by atoms with Crippen LogP contribution in [-0.4, -0.2) is 18.5 Å². The number of hydrogen-bond acceptors (Lipinski definition) is 4. The SMILES string of the molecule is CCOC(=O)c1cccc(NC(=O)c2ccoc2C)c1. The molecule has 0 bridgehead atoms. The maximum absolute atomic E-state index is 12.0. The van der Waals surface area contributed by atoms with Crippen molar-refractivity contribution in [2.24, 2.45) is 0 Å². The molecule has 0 aliphatic carbocycles. The zero-order valence-corrected chi connectivity index (χ0v) is 11.3. The van der Waals surface area contributed by atoms with Crippen LogP contribution in [0.5, 0.6) is 0 Å². The van der Waals surface area contributed by atoms with Crippen LogP contribution in [0.3, 0.4) is 0 Å². The van der Waals surface area contributed by atoms with Crippen molar-refractivity contribution in [3.05, 3.63) is 53.5 Å². The lowest BCUT2D eigenvalue weighted by Crippen LogP contribution is -2.13. The third-order valence-corrected chi connectivity index (χ3v) is 2.74. The summed E-state index contributed by atoms with van der Waals surface area (Å²) in [4.78, 5) is 23.6. The highest BCUT2D eigenvalue weighted by molar-refractivity contribution is 6.05. The number of rotatable bonds is 4. The predicted molar refractivity (Wildman–Crippen MR) is 73.8 cm³/mol. The molecule has 0 saturated carbocycles. The predicted octanol–water partition coefficient (Wildman–Crippen LogP) is 3.02. The molecule has 0 fully saturated rings. The van der Waals surface area contributed by atoms with Crippen LogP contribution in [0.1, 0.15) is 33.4 Å².